The van der Waals surface area contributed by atoms with Crippen molar-refractivity contribution in [3.05, 3.63) is 24.3 Å². The molecular weight excluding hydrogens is 374 g/mol. The lowest BCUT2D eigenvalue weighted by Crippen LogP contribution is -2.57. The van der Waals surface area contributed by atoms with E-state index in [1.807, 2.05) is 0 Å². The zero-order valence-electron chi connectivity index (χ0n) is 16.5. The first-order valence-corrected chi connectivity index (χ1v) is 12.7. The number of thioether (sulfide) groups is 2. The number of ether oxygens (including phenoxy) is 1. The van der Waals surface area contributed by atoms with Gasteiger partial charge in [-0.3, -0.25) is 9.80 Å². The molecule has 0 amide bonds. The molecule has 0 radical (unpaired) electrons. The molecule has 0 N–H and O–H groups in total. The molecule has 1 aromatic carbocycles. The van der Waals surface area contributed by atoms with Crippen LogP contribution < -0.4 is 9.64 Å². The fourth-order valence-corrected chi connectivity index (χ4v) is 7.27. The second kappa shape index (κ2) is 9.77. The highest BCUT2D eigenvalue weighted by Gasteiger charge is 2.31. The summed E-state index contributed by atoms with van der Waals surface area (Å²) in [4.78, 5) is 8.07. The average Bonchev–Trinajstić information content (AvgIpc) is 3.04. The van der Waals surface area contributed by atoms with Crippen molar-refractivity contribution in [2.45, 2.75) is 24.9 Å². The first-order chi connectivity index (χ1) is 13.3. The molecule has 4 rings (SSSR count). The third-order valence-corrected chi connectivity index (χ3v) is 8.68. The second-order valence-electron chi connectivity index (χ2n) is 7.79. The van der Waals surface area contributed by atoms with Crippen LogP contribution in [0.25, 0.3) is 0 Å². The predicted molar refractivity (Wildman–Crippen MR) is 120 cm³/mol. The highest BCUT2D eigenvalue weighted by Crippen LogP contribution is 2.30. The van der Waals surface area contributed by atoms with Crippen LogP contribution in [0.4, 0.5) is 5.69 Å². The highest BCUT2D eigenvalue weighted by molar-refractivity contribution is 8.03. The van der Waals surface area contributed by atoms with Crippen molar-refractivity contribution in [2.75, 3.05) is 74.3 Å². The Morgan fingerprint density at radius 1 is 0.889 bits per heavy atom. The number of hydrogen-bond acceptors (Lipinski definition) is 6. The summed E-state index contributed by atoms with van der Waals surface area (Å²) in [5, 5.41) is 0. The third-order valence-electron chi connectivity index (χ3n) is 6.19. The number of nitrogens with zero attached hydrogens (tertiary/aromatic N) is 3. The first-order valence-electron chi connectivity index (χ1n) is 10.4. The number of methoxy groups -OCH3 is 1. The molecule has 3 heterocycles. The number of para-hydroxylation sites is 2. The van der Waals surface area contributed by atoms with Crippen LogP contribution in [0, 0.1) is 0 Å². The standard InChI is InChI=1S/C21H33N3OS2/c1-25-21-7-3-2-6-20(21)23-11-9-22(10-12-23)18-5-4-8-24(15-18)19-16-26-13-14-27-17-19/h2-3,6-7,18-19H,4-5,8-17H2,1H3/t18-/m1/s1. The molecule has 0 saturated carbocycles. The van der Waals surface area contributed by atoms with E-state index in [0.717, 1.165) is 30.9 Å². The molecule has 0 unspecified atom stereocenters. The fourth-order valence-electron chi connectivity index (χ4n) is 4.65. The second-order valence-corrected chi connectivity index (χ2v) is 10.1. The van der Waals surface area contributed by atoms with Gasteiger partial charge in [-0.1, -0.05) is 12.1 Å². The monoisotopic (exact) mass is 407 g/mol. The van der Waals surface area contributed by atoms with E-state index >= 15 is 0 Å². The Bertz CT molecular complexity index is 587. The summed E-state index contributed by atoms with van der Waals surface area (Å²) in [7, 11) is 1.77. The van der Waals surface area contributed by atoms with E-state index in [4.69, 9.17) is 4.74 Å². The van der Waals surface area contributed by atoms with Crippen LogP contribution >= 0.6 is 23.5 Å². The van der Waals surface area contributed by atoms with Crippen molar-refractivity contribution in [1.82, 2.24) is 9.80 Å². The minimum Gasteiger partial charge on any atom is -0.495 e. The van der Waals surface area contributed by atoms with Crippen molar-refractivity contribution in [1.29, 1.82) is 0 Å². The van der Waals surface area contributed by atoms with E-state index in [0.29, 0.717) is 0 Å². The Balaban J connectivity index is 1.32. The summed E-state index contributed by atoms with van der Waals surface area (Å²) < 4.78 is 5.57. The maximum atomic E-state index is 5.57. The van der Waals surface area contributed by atoms with E-state index < -0.39 is 0 Å². The van der Waals surface area contributed by atoms with E-state index in [1.54, 1.807) is 7.11 Å². The molecule has 1 atom stereocenters. The van der Waals surface area contributed by atoms with Crippen molar-refractivity contribution in [2.24, 2.45) is 0 Å². The van der Waals surface area contributed by atoms with Gasteiger partial charge < -0.3 is 9.64 Å². The molecule has 27 heavy (non-hydrogen) atoms. The topological polar surface area (TPSA) is 19.0 Å². The van der Waals surface area contributed by atoms with Crippen LogP contribution in [0.2, 0.25) is 0 Å². The van der Waals surface area contributed by atoms with Crippen LogP contribution in [0.15, 0.2) is 24.3 Å². The molecule has 3 aliphatic heterocycles. The zero-order valence-corrected chi connectivity index (χ0v) is 18.1. The van der Waals surface area contributed by atoms with Crippen molar-refractivity contribution in [3.8, 4) is 5.75 Å². The van der Waals surface area contributed by atoms with Crippen molar-refractivity contribution in [3.63, 3.8) is 0 Å². The Morgan fingerprint density at radius 2 is 1.63 bits per heavy atom. The minimum atomic E-state index is 0.747. The maximum Gasteiger partial charge on any atom is 0.142 e. The van der Waals surface area contributed by atoms with Crippen LogP contribution in [-0.2, 0) is 0 Å². The minimum absolute atomic E-state index is 0.747. The molecule has 3 aliphatic rings. The smallest absolute Gasteiger partial charge is 0.142 e. The molecule has 0 aliphatic carbocycles. The highest BCUT2D eigenvalue weighted by atomic mass is 32.2. The van der Waals surface area contributed by atoms with Crippen molar-refractivity contribution >= 4 is 29.2 Å². The van der Waals surface area contributed by atoms with Gasteiger partial charge >= 0.3 is 0 Å². The lowest BCUT2D eigenvalue weighted by atomic mass is 10.0. The SMILES string of the molecule is COc1ccccc1N1CCN([C@@H]2CCCN(C3CSCCSC3)C2)CC1. The summed E-state index contributed by atoms with van der Waals surface area (Å²) in [6.45, 7) is 7.14. The number of rotatable bonds is 4. The van der Waals surface area contributed by atoms with Gasteiger partial charge in [-0.2, -0.15) is 23.5 Å². The van der Waals surface area contributed by atoms with Gasteiger partial charge in [0.15, 0.2) is 0 Å². The summed E-state index contributed by atoms with van der Waals surface area (Å²) in [6.07, 6.45) is 2.74. The zero-order chi connectivity index (χ0) is 18.5. The van der Waals surface area contributed by atoms with Gasteiger partial charge in [-0.25, -0.2) is 0 Å². The van der Waals surface area contributed by atoms with Crippen LogP contribution in [0.3, 0.4) is 0 Å². The summed E-state index contributed by atoms with van der Waals surface area (Å²) in [6, 6.07) is 9.98. The van der Waals surface area contributed by atoms with Gasteiger partial charge in [-0.15, -0.1) is 0 Å². The number of hydrogen-bond donors (Lipinski definition) is 0. The maximum absolute atomic E-state index is 5.57. The number of likely N-dealkylation sites (tertiary alicyclic amines) is 1. The largest absolute Gasteiger partial charge is 0.495 e. The molecule has 3 fully saturated rings. The van der Waals surface area contributed by atoms with E-state index in [1.165, 1.54) is 67.7 Å². The lowest BCUT2D eigenvalue weighted by Gasteiger charge is -2.45. The van der Waals surface area contributed by atoms with E-state index in [-0.39, 0.29) is 0 Å². The van der Waals surface area contributed by atoms with Crippen LogP contribution in [0.1, 0.15) is 12.8 Å². The Hall–Kier alpha value is -0.560. The fraction of sp³-hybridized carbons (Fsp3) is 0.714. The van der Waals surface area contributed by atoms with Gasteiger partial charge in [0.05, 0.1) is 12.8 Å². The molecule has 0 spiro atoms. The number of benzene rings is 1. The Kier molecular flexibility index (Phi) is 7.14. The third kappa shape index (κ3) is 4.89. The Labute approximate surface area is 173 Å². The first kappa shape index (κ1) is 19.7. The van der Waals surface area contributed by atoms with E-state index in [9.17, 15) is 0 Å². The van der Waals surface area contributed by atoms with Gasteiger partial charge in [-0.05, 0) is 31.5 Å². The number of piperazine rings is 1. The molecule has 150 valence electrons. The van der Waals surface area contributed by atoms with Crippen molar-refractivity contribution < 1.29 is 4.74 Å². The van der Waals surface area contributed by atoms with Crippen LogP contribution in [0.5, 0.6) is 5.75 Å². The predicted octanol–water partition coefficient (Wildman–Crippen LogP) is 3.13. The normalized spacial score (nSPS) is 26.7. The summed E-state index contributed by atoms with van der Waals surface area (Å²) >= 11 is 4.32. The molecule has 4 nitrogen and oxygen atoms in total. The molecule has 0 bridgehead atoms. The number of anilines is 1. The Morgan fingerprint density at radius 3 is 2.37 bits per heavy atom. The lowest BCUT2D eigenvalue weighted by molar-refractivity contribution is 0.0782. The van der Waals surface area contributed by atoms with Gasteiger partial charge in [0.25, 0.3) is 0 Å². The quantitative estimate of drug-likeness (QED) is 0.758. The molecule has 6 heteroatoms. The molecular formula is C21H33N3OS2. The molecule has 0 aromatic heterocycles. The van der Waals surface area contributed by atoms with Gasteiger partial charge in [0.2, 0.25) is 0 Å². The van der Waals surface area contributed by atoms with Gasteiger partial charge in [0.1, 0.15) is 5.75 Å². The van der Waals surface area contributed by atoms with E-state index in [2.05, 4.69) is 62.5 Å². The van der Waals surface area contributed by atoms with Crippen LogP contribution in [-0.4, -0.2) is 91.3 Å². The molecule has 3 saturated heterocycles. The summed E-state index contributed by atoms with van der Waals surface area (Å²) in [5.74, 6) is 6.34. The molecule has 1 aromatic rings. The number of piperidine rings is 1. The summed E-state index contributed by atoms with van der Waals surface area (Å²) in [5.41, 5.74) is 1.25. The van der Waals surface area contributed by atoms with Gasteiger partial charge in [0, 0.05) is 67.8 Å². The average molecular weight is 408 g/mol.